The van der Waals surface area contributed by atoms with Crippen molar-refractivity contribution >= 4 is 23.6 Å². The molecule has 0 spiro atoms. The van der Waals surface area contributed by atoms with Crippen LogP contribution in [0.15, 0.2) is 0 Å². The zero-order chi connectivity index (χ0) is 20.3. The van der Waals surface area contributed by atoms with Crippen molar-refractivity contribution in [2.45, 2.75) is 52.1 Å². The van der Waals surface area contributed by atoms with Crippen molar-refractivity contribution < 1.29 is 19.2 Å². The van der Waals surface area contributed by atoms with E-state index in [-0.39, 0.29) is 5.91 Å². The second-order valence-electron chi connectivity index (χ2n) is 6.85. The second-order valence-corrected chi connectivity index (χ2v) is 6.85. The molecule has 0 fully saturated rings. The molecule has 0 bridgehead atoms. The molecule has 0 aromatic carbocycles. The SMILES string of the molecule is C#CC(NC(=O)CNC(=O)C(CCCCN)NC(=O)C(C)(C)C)C(N)=O. The molecule has 0 aliphatic rings. The van der Waals surface area contributed by atoms with Crippen LogP contribution >= 0.6 is 0 Å². The number of carbonyl (C=O) groups is 4. The van der Waals surface area contributed by atoms with Crippen molar-refractivity contribution in [3.05, 3.63) is 0 Å². The predicted octanol–water partition coefficient (Wildman–Crippen LogP) is -1.63. The molecule has 26 heavy (non-hydrogen) atoms. The van der Waals surface area contributed by atoms with E-state index in [1.54, 1.807) is 20.8 Å². The van der Waals surface area contributed by atoms with Gasteiger partial charge in [-0.15, -0.1) is 6.42 Å². The van der Waals surface area contributed by atoms with Gasteiger partial charge in [-0.3, -0.25) is 19.2 Å². The van der Waals surface area contributed by atoms with Gasteiger partial charge in [-0.05, 0) is 25.8 Å². The quantitative estimate of drug-likeness (QED) is 0.231. The first kappa shape index (κ1) is 23.4. The molecule has 4 amide bonds. The van der Waals surface area contributed by atoms with Crippen LogP contribution in [0.25, 0.3) is 0 Å². The summed E-state index contributed by atoms with van der Waals surface area (Å²) in [5, 5.41) is 7.31. The number of amides is 4. The fourth-order valence-electron chi connectivity index (χ4n) is 1.83. The molecule has 2 unspecified atom stereocenters. The van der Waals surface area contributed by atoms with E-state index in [2.05, 4.69) is 16.0 Å². The molecule has 0 saturated carbocycles. The van der Waals surface area contributed by atoms with E-state index in [1.165, 1.54) is 0 Å². The standard InChI is InChI=1S/C17H29N5O4/c1-5-11(14(19)24)21-13(23)10-20-15(25)12(8-6-7-9-18)22-16(26)17(2,3)4/h1,11-12H,6-10,18H2,2-4H3,(H2,19,24)(H,20,25)(H,21,23)(H,22,26). The molecule has 0 aromatic heterocycles. The van der Waals surface area contributed by atoms with E-state index >= 15 is 0 Å². The molecule has 0 aliphatic heterocycles. The largest absolute Gasteiger partial charge is 0.367 e. The second kappa shape index (κ2) is 11.1. The van der Waals surface area contributed by atoms with Crippen molar-refractivity contribution in [1.82, 2.24) is 16.0 Å². The van der Waals surface area contributed by atoms with Crippen molar-refractivity contribution in [3.8, 4) is 12.3 Å². The van der Waals surface area contributed by atoms with Crippen LogP contribution in [0.1, 0.15) is 40.0 Å². The highest BCUT2D eigenvalue weighted by Gasteiger charge is 2.27. The lowest BCUT2D eigenvalue weighted by molar-refractivity contribution is -0.134. The summed E-state index contributed by atoms with van der Waals surface area (Å²) in [6.07, 6.45) is 6.82. The molecular weight excluding hydrogens is 338 g/mol. The summed E-state index contributed by atoms with van der Waals surface area (Å²) in [5.74, 6) is -0.293. The molecule has 0 aliphatic carbocycles. The monoisotopic (exact) mass is 367 g/mol. The van der Waals surface area contributed by atoms with Crippen molar-refractivity contribution in [2.75, 3.05) is 13.1 Å². The van der Waals surface area contributed by atoms with Crippen LogP contribution < -0.4 is 27.4 Å². The minimum Gasteiger partial charge on any atom is -0.367 e. The Bertz CT molecular complexity index is 562. The van der Waals surface area contributed by atoms with Crippen LogP contribution in [-0.4, -0.2) is 48.8 Å². The van der Waals surface area contributed by atoms with Gasteiger partial charge in [-0.25, -0.2) is 0 Å². The lowest BCUT2D eigenvalue weighted by Gasteiger charge is -2.24. The Morgan fingerprint density at radius 3 is 2.19 bits per heavy atom. The third-order valence-electron chi connectivity index (χ3n) is 3.43. The Morgan fingerprint density at radius 1 is 1.12 bits per heavy atom. The van der Waals surface area contributed by atoms with Crippen molar-refractivity contribution in [2.24, 2.45) is 16.9 Å². The number of unbranched alkanes of at least 4 members (excludes halogenated alkanes) is 1. The first-order valence-corrected chi connectivity index (χ1v) is 8.36. The van der Waals surface area contributed by atoms with Gasteiger partial charge in [0.15, 0.2) is 6.04 Å². The van der Waals surface area contributed by atoms with E-state index in [0.29, 0.717) is 25.8 Å². The maximum Gasteiger partial charge on any atom is 0.252 e. The van der Waals surface area contributed by atoms with Crippen LogP contribution in [0.3, 0.4) is 0 Å². The Labute approximate surface area is 154 Å². The summed E-state index contributed by atoms with van der Waals surface area (Å²) in [6.45, 7) is 5.27. The van der Waals surface area contributed by atoms with Gasteiger partial charge in [0.25, 0.3) is 5.91 Å². The average molecular weight is 367 g/mol. The molecule has 0 saturated heterocycles. The minimum atomic E-state index is -1.25. The molecular formula is C17H29N5O4. The number of hydrogen-bond donors (Lipinski definition) is 5. The summed E-state index contributed by atoms with van der Waals surface area (Å²) < 4.78 is 0. The third-order valence-corrected chi connectivity index (χ3v) is 3.43. The fourth-order valence-corrected chi connectivity index (χ4v) is 1.83. The van der Waals surface area contributed by atoms with Crippen LogP contribution in [0.5, 0.6) is 0 Å². The number of carbonyl (C=O) groups excluding carboxylic acids is 4. The Morgan fingerprint density at radius 2 is 1.73 bits per heavy atom. The third kappa shape index (κ3) is 9.03. The highest BCUT2D eigenvalue weighted by Crippen LogP contribution is 2.14. The van der Waals surface area contributed by atoms with E-state index in [1.807, 2.05) is 5.92 Å². The molecule has 2 atom stereocenters. The maximum atomic E-state index is 12.3. The van der Waals surface area contributed by atoms with Gasteiger partial charge in [-0.2, -0.15) is 0 Å². The normalized spacial score (nSPS) is 13.0. The first-order chi connectivity index (χ1) is 12.0. The first-order valence-electron chi connectivity index (χ1n) is 8.36. The number of nitrogens with one attached hydrogen (secondary N) is 3. The van der Waals surface area contributed by atoms with Gasteiger partial charge in [0.05, 0.1) is 6.54 Å². The summed E-state index contributed by atoms with van der Waals surface area (Å²) in [5.41, 5.74) is 9.81. The summed E-state index contributed by atoms with van der Waals surface area (Å²) >= 11 is 0. The summed E-state index contributed by atoms with van der Waals surface area (Å²) in [4.78, 5) is 47.2. The van der Waals surface area contributed by atoms with Gasteiger partial charge in [0, 0.05) is 5.41 Å². The number of primary amides is 1. The van der Waals surface area contributed by atoms with E-state index in [0.717, 1.165) is 0 Å². The van der Waals surface area contributed by atoms with Crippen LogP contribution in [-0.2, 0) is 19.2 Å². The highest BCUT2D eigenvalue weighted by atomic mass is 16.2. The van der Waals surface area contributed by atoms with Crippen LogP contribution in [0, 0.1) is 17.8 Å². The van der Waals surface area contributed by atoms with E-state index < -0.39 is 41.8 Å². The van der Waals surface area contributed by atoms with Crippen LogP contribution in [0.2, 0.25) is 0 Å². The molecule has 146 valence electrons. The Kier molecular flexibility index (Phi) is 9.99. The topological polar surface area (TPSA) is 156 Å². The lowest BCUT2D eigenvalue weighted by atomic mass is 9.94. The van der Waals surface area contributed by atoms with E-state index in [4.69, 9.17) is 17.9 Å². The fraction of sp³-hybridized carbons (Fsp3) is 0.647. The van der Waals surface area contributed by atoms with Crippen molar-refractivity contribution in [3.63, 3.8) is 0 Å². The number of rotatable bonds is 10. The Hall–Kier alpha value is -2.60. The smallest absolute Gasteiger partial charge is 0.252 e. The molecule has 0 radical (unpaired) electrons. The molecule has 9 heteroatoms. The number of nitrogens with two attached hydrogens (primary N) is 2. The summed E-state index contributed by atoms with van der Waals surface area (Å²) in [7, 11) is 0. The molecule has 7 N–H and O–H groups in total. The minimum absolute atomic E-state index is 0.282. The van der Waals surface area contributed by atoms with Crippen molar-refractivity contribution in [1.29, 1.82) is 0 Å². The zero-order valence-electron chi connectivity index (χ0n) is 15.6. The number of terminal acetylenes is 1. The lowest BCUT2D eigenvalue weighted by Crippen LogP contribution is -2.52. The van der Waals surface area contributed by atoms with Gasteiger partial charge in [0.2, 0.25) is 17.7 Å². The van der Waals surface area contributed by atoms with Gasteiger partial charge < -0.3 is 27.4 Å². The molecule has 0 rings (SSSR count). The maximum absolute atomic E-state index is 12.3. The van der Waals surface area contributed by atoms with Gasteiger partial charge in [-0.1, -0.05) is 26.7 Å². The number of hydrogen-bond acceptors (Lipinski definition) is 5. The highest BCUT2D eigenvalue weighted by molar-refractivity contribution is 5.93. The summed E-state index contributed by atoms with van der Waals surface area (Å²) in [6, 6.07) is -2.04. The Balaban J connectivity index is 4.75. The van der Waals surface area contributed by atoms with Gasteiger partial charge in [0.1, 0.15) is 6.04 Å². The van der Waals surface area contributed by atoms with Crippen LogP contribution in [0.4, 0.5) is 0 Å². The zero-order valence-corrected chi connectivity index (χ0v) is 15.6. The predicted molar refractivity (Wildman–Crippen MR) is 97.3 cm³/mol. The molecule has 0 aromatic rings. The average Bonchev–Trinajstić information content (AvgIpc) is 2.55. The molecule has 0 heterocycles. The molecule has 9 nitrogen and oxygen atoms in total. The van der Waals surface area contributed by atoms with E-state index in [9.17, 15) is 19.2 Å². The van der Waals surface area contributed by atoms with Gasteiger partial charge >= 0.3 is 0 Å².